The highest BCUT2D eigenvalue weighted by atomic mass is 16.1. The second-order valence-corrected chi connectivity index (χ2v) is 5.78. The summed E-state index contributed by atoms with van der Waals surface area (Å²) in [6, 6.07) is 7.33. The smallest absolute Gasteiger partial charge is 0.253 e. The normalized spacial score (nSPS) is 15.5. The number of carbonyl (C=O) groups is 1. The van der Waals surface area contributed by atoms with Crippen molar-refractivity contribution < 1.29 is 4.79 Å². The molecule has 2 heterocycles. The molecule has 0 spiro atoms. The van der Waals surface area contributed by atoms with Gasteiger partial charge in [-0.2, -0.15) is 4.68 Å². The Morgan fingerprint density at radius 2 is 2.00 bits per heavy atom. The fourth-order valence-corrected chi connectivity index (χ4v) is 2.92. The fourth-order valence-electron chi connectivity index (χ4n) is 2.92. The maximum atomic E-state index is 12.4. The molecule has 0 unspecified atom stereocenters. The van der Waals surface area contributed by atoms with Crippen molar-refractivity contribution in [3.8, 4) is 5.69 Å². The van der Waals surface area contributed by atoms with Crippen LogP contribution in [0.2, 0.25) is 0 Å². The number of hydrogen-bond donors (Lipinski definition) is 1. The lowest BCUT2D eigenvalue weighted by molar-refractivity contribution is 0.0951. The van der Waals surface area contributed by atoms with E-state index >= 15 is 0 Å². The standard InChI is InChI=1S/C16H22N6O/c23-16(17-9-6-12-21-10-4-1-5-11-21)14-7-2-3-8-15(14)22-13-18-19-20-22/h2-3,7-8,13H,1,4-6,9-12H2,(H,17,23). The highest BCUT2D eigenvalue weighted by Crippen LogP contribution is 2.12. The molecule has 1 saturated heterocycles. The van der Waals surface area contributed by atoms with Gasteiger partial charge in [-0.1, -0.05) is 18.6 Å². The van der Waals surface area contributed by atoms with Crippen LogP contribution in [0.25, 0.3) is 5.69 Å². The quantitative estimate of drug-likeness (QED) is 0.813. The first-order valence-electron chi connectivity index (χ1n) is 8.17. The Morgan fingerprint density at radius 3 is 2.78 bits per heavy atom. The van der Waals surface area contributed by atoms with E-state index in [4.69, 9.17) is 0 Å². The molecule has 3 rings (SSSR count). The largest absolute Gasteiger partial charge is 0.352 e. The van der Waals surface area contributed by atoms with Gasteiger partial charge in [0.1, 0.15) is 6.33 Å². The number of nitrogens with one attached hydrogen (secondary N) is 1. The predicted octanol–water partition coefficient (Wildman–Crippen LogP) is 1.27. The van der Waals surface area contributed by atoms with E-state index in [2.05, 4.69) is 25.7 Å². The monoisotopic (exact) mass is 314 g/mol. The number of aromatic nitrogens is 4. The van der Waals surface area contributed by atoms with E-state index in [1.807, 2.05) is 18.2 Å². The van der Waals surface area contributed by atoms with Crippen LogP contribution in [0.3, 0.4) is 0 Å². The summed E-state index contributed by atoms with van der Waals surface area (Å²) in [6.45, 7) is 4.11. The van der Waals surface area contributed by atoms with Crippen LogP contribution in [-0.4, -0.2) is 57.2 Å². The number of amides is 1. The van der Waals surface area contributed by atoms with Gasteiger partial charge in [-0.15, -0.1) is 5.10 Å². The van der Waals surface area contributed by atoms with E-state index in [0.29, 0.717) is 17.8 Å². The average Bonchev–Trinajstić information content (AvgIpc) is 3.14. The minimum atomic E-state index is -0.0882. The van der Waals surface area contributed by atoms with Gasteiger partial charge in [0.05, 0.1) is 11.3 Å². The number of benzene rings is 1. The molecule has 1 amide bonds. The molecule has 2 aromatic rings. The summed E-state index contributed by atoms with van der Waals surface area (Å²) in [4.78, 5) is 14.9. The molecule has 1 fully saturated rings. The maximum absolute atomic E-state index is 12.4. The molecule has 1 aliphatic rings. The van der Waals surface area contributed by atoms with E-state index in [1.54, 1.807) is 6.07 Å². The molecule has 23 heavy (non-hydrogen) atoms. The molecule has 7 nitrogen and oxygen atoms in total. The highest BCUT2D eigenvalue weighted by Gasteiger charge is 2.13. The van der Waals surface area contributed by atoms with Crippen LogP contribution in [0, 0.1) is 0 Å². The molecule has 0 atom stereocenters. The van der Waals surface area contributed by atoms with Crippen molar-refractivity contribution in [1.82, 2.24) is 30.4 Å². The van der Waals surface area contributed by atoms with Gasteiger partial charge in [0.25, 0.3) is 5.91 Å². The third-order valence-corrected chi connectivity index (χ3v) is 4.13. The van der Waals surface area contributed by atoms with Crippen molar-refractivity contribution in [2.75, 3.05) is 26.2 Å². The summed E-state index contributed by atoms with van der Waals surface area (Å²) in [5.41, 5.74) is 1.27. The zero-order valence-corrected chi connectivity index (χ0v) is 13.2. The summed E-state index contributed by atoms with van der Waals surface area (Å²) in [5.74, 6) is -0.0882. The Morgan fingerprint density at radius 1 is 1.17 bits per heavy atom. The lowest BCUT2D eigenvalue weighted by atomic mass is 10.1. The number of tetrazole rings is 1. The lowest BCUT2D eigenvalue weighted by Gasteiger charge is -2.26. The van der Waals surface area contributed by atoms with Crippen molar-refractivity contribution in [3.05, 3.63) is 36.2 Å². The summed E-state index contributed by atoms with van der Waals surface area (Å²) in [6.07, 6.45) is 6.40. The summed E-state index contributed by atoms with van der Waals surface area (Å²) < 4.78 is 1.50. The first kappa shape index (κ1) is 15.6. The van der Waals surface area contributed by atoms with Gasteiger partial charge in [0.15, 0.2) is 0 Å². The highest BCUT2D eigenvalue weighted by molar-refractivity contribution is 5.97. The van der Waals surface area contributed by atoms with E-state index in [-0.39, 0.29) is 5.91 Å². The van der Waals surface area contributed by atoms with Crippen LogP contribution in [0.5, 0.6) is 0 Å². The molecule has 1 aromatic carbocycles. The Bertz CT molecular complexity index is 621. The van der Waals surface area contributed by atoms with Crippen molar-refractivity contribution in [3.63, 3.8) is 0 Å². The van der Waals surface area contributed by atoms with Crippen molar-refractivity contribution in [2.24, 2.45) is 0 Å². The molecule has 0 radical (unpaired) electrons. The van der Waals surface area contributed by atoms with Gasteiger partial charge in [-0.05, 0) is 61.5 Å². The summed E-state index contributed by atoms with van der Waals surface area (Å²) >= 11 is 0. The molecule has 0 bridgehead atoms. The molecule has 1 aromatic heterocycles. The van der Waals surface area contributed by atoms with E-state index in [9.17, 15) is 4.79 Å². The third-order valence-electron chi connectivity index (χ3n) is 4.13. The molecule has 7 heteroatoms. The van der Waals surface area contributed by atoms with Gasteiger partial charge in [0, 0.05) is 6.54 Å². The van der Waals surface area contributed by atoms with Gasteiger partial charge in [-0.3, -0.25) is 4.79 Å². The van der Waals surface area contributed by atoms with E-state index in [0.717, 1.165) is 13.0 Å². The molecule has 0 aliphatic carbocycles. The lowest BCUT2D eigenvalue weighted by Crippen LogP contribution is -2.33. The number of carbonyl (C=O) groups excluding carboxylic acids is 1. The average molecular weight is 314 g/mol. The van der Waals surface area contributed by atoms with Crippen LogP contribution in [-0.2, 0) is 0 Å². The second kappa shape index (κ2) is 7.82. The number of hydrogen-bond acceptors (Lipinski definition) is 5. The molecule has 1 aliphatic heterocycles. The minimum absolute atomic E-state index is 0.0882. The number of nitrogens with zero attached hydrogens (tertiary/aromatic N) is 5. The Labute approximate surface area is 135 Å². The van der Waals surface area contributed by atoms with Crippen molar-refractivity contribution in [1.29, 1.82) is 0 Å². The number of para-hydroxylation sites is 1. The predicted molar refractivity (Wildman–Crippen MR) is 86.4 cm³/mol. The molecular formula is C16H22N6O. The van der Waals surface area contributed by atoms with Crippen LogP contribution >= 0.6 is 0 Å². The van der Waals surface area contributed by atoms with E-state index < -0.39 is 0 Å². The Kier molecular flexibility index (Phi) is 5.31. The van der Waals surface area contributed by atoms with Crippen molar-refractivity contribution >= 4 is 5.91 Å². The Balaban J connectivity index is 1.52. The minimum Gasteiger partial charge on any atom is -0.352 e. The van der Waals surface area contributed by atoms with Crippen LogP contribution in [0.1, 0.15) is 36.0 Å². The molecule has 1 N–H and O–H groups in total. The maximum Gasteiger partial charge on any atom is 0.253 e. The molecule has 122 valence electrons. The van der Waals surface area contributed by atoms with Crippen LogP contribution in [0.15, 0.2) is 30.6 Å². The third kappa shape index (κ3) is 4.13. The summed E-state index contributed by atoms with van der Waals surface area (Å²) in [5, 5.41) is 14.1. The second-order valence-electron chi connectivity index (χ2n) is 5.78. The first-order chi connectivity index (χ1) is 11.3. The zero-order chi connectivity index (χ0) is 15.9. The number of likely N-dealkylation sites (tertiary alicyclic amines) is 1. The van der Waals surface area contributed by atoms with Gasteiger partial charge < -0.3 is 10.2 Å². The van der Waals surface area contributed by atoms with Gasteiger partial charge in [-0.25, -0.2) is 0 Å². The number of rotatable bonds is 6. The van der Waals surface area contributed by atoms with Crippen molar-refractivity contribution in [2.45, 2.75) is 25.7 Å². The zero-order valence-electron chi connectivity index (χ0n) is 13.2. The van der Waals surface area contributed by atoms with Gasteiger partial charge >= 0.3 is 0 Å². The van der Waals surface area contributed by atoms with Gasteiger partial charge in [0.2, 0.25) is 0 Å². The van der Waals surface area contributed by atoms with Crippen LogP contribution in [0.4, 0.5) is 0 Å². The molecule has 0 saturated carbocycles. The summed E-state index contributed by atoms with van der Waals surface area (Å²) in [7, 11) is 0. The van der Waals surface area contributed by atoms with Crippen LogP contribution < -0.4 is 5.32 Å². The van der Waals surface area contributed by atoms with E-state index in [1.165, 1.54) is 43.4 Å². The number of piperidine rings is 1. The molecular weight excluding hydrogens is 292 g/mol. The first-order valence-corrected chi connectivity index (χ1v) is 8.17. The Hall–Kier alpha value is -2.28. The SMILES string of the molecule is O=C(NCCCN1CCCCC1)c1ccccc1-n1cnnn1. The topological polar surface area (TPSA) is 75.9 Å². The fraction of sp³-hybridized carbons (Fsp3) is 0.500.